The summed E-state index contributed by atoms with van der Waals surface area (Å²) in [4.78, 5) is 11.0. The van der Waals surface area contributed by atoms with Gasteiger partial charge in [-0.05, 0) is 42.0 Å². The van der Waals surface area contributed by atoms with Crippen molar-refractivity contribution < 1.29 is 13.9 Å². The molecular formula is C26H31O3P. The molecule has 0 radical (unpaired) electrons. The highest BCUT2D eigenvalue weighted by Crippen LogP contribution is 2.52. The molecule has 0 amide bonds. The van der Waals surface area contributed by atoms with Crippen LogP contribution in [0.1, 0.15) is 50.7 Å². The van der Waals surface area contributed by atoms with Crippen molar-refractivity contribution in [3.63, 3.8) is 0 Å². The van der Waals surface area contributed by atoms with Crippen LogP contribution in [0.4, 0.5) is 0 Å². The van der Waals surface area contributed by atoms with Crippen LogP contribution in [0.3, 0.4) is 0 Å². The van der Waals surface area contributed by atoms with Gasteiger partial charge < -0.3 is 9.42 Å². The molecule has 158 valence electrons. The van der Waals surface area contributed by atoms with E-state index in [1.807, 2.05) is 66.7 Å². The predicted molar refractivity (Wildman–Crippen MR) is 124 cm³/mol. The van der Waals surface area contributed by atoms with E-state index in [0.29, 0.717) is 5.75 Å². The van der Waals surface area contributed by atoms with Gasteiger partial charge in [0.1, 0.15) is 11.4 Å². The largest absolute Gasteiger partial charge is 0.427 e. The first kappa shape index (κ1) is 22.5. The summed E-state index contributed by atoms with van der Waals surface area (Å²) in [6, 6.07) is 29.8. The van der Waals surface area contributed by atoms with Crippen LogP contribution < -0.4 is 4.52 Å². The Labute approximate surface area is 181 Å². The SMILES string of the molecule is CCCCC(CC)C(OP(O)Oc1ccccc1)(c1ccccc1)c1ccccc1. The Hall–Kier alpha value is -2.19. The molecule has 0 heterocycles. The Bertz CT molecular complexity index is 816. The van der Waals surface area contributed by atoms with E-state index in [-0.39, 0.29) is 5.92 Å². The molecule has 30 heavy (non-hydrogen) atoms. The lowest BCUT2D eigenvalue weighted by molar-refractivity contribution is 0.0256. The zero-order valence-electron chi connectivity index (χ0n) is 17.8. The van der Waals surface area contributed by atoms with E-state index < -0.39 is 14.2 Å². The van der Waals surface area contributed by atoms with Gasteiger partial charge in [0, 0.05) is 0 Å². The molecule has 3 nitrogen and oxygen atoms in total. The lowest BCUT2D eigenvalue weighted by atomic mass is 9.73. The number of para-hydroxylation sites is 1. The van der Waals surface area contributed by atoms with Gasteiger partial charge in [-0.3, -0.25) is 4.52 Å². The second-order valence-corrected chi connectivity index (χ2v) is 8.29. The summed E-state index contributed by atoms with van der Waals surface area (Å²) in [5.41, 5.74) is 1.29. The van der Waals surface area contributed by atoms with Crippen molar-refractivity contribution in [3.8, 4) is 5.75 Å². The molecule has 0 fully saturated rings. The van der Waals surface area contributed by atoms with Crippen molar-refractivity contribution >= 4 is 8.60 Å². The number of rotatable bonds is 11. The maximum atomic E-state index is 11.0. The minimum Gasteiger partial charge on any atom is -0.427 e. The molecule has 0 saturated carbocycles. The molecule has 0 saturated heterocycles. The van der Waals surface area contributed by atoms with Gasteiger partial charge in [0.15, 0.2) is 0 Å². The number of hydrogen-bond acceptors (Lipinski definition) is 3. The molecule has 0 aromatic heterocycles. The molecule has 0 aliphatic carbocycles. The second-order valence-electron chi connectivity index (χ2n) is 7.45. The summed E-state index contributed by atoms with van der Waals surface area (Å²) in [6.45, 7) is 4.40. The van der Waals surface area contributed by atoms with E-state index in [1.165, 1.54) is 0 Å². The third-order valence-electron chi connectivity index (χ3n) is 5.53. The molecular weight excluding hydrogens is 391 g/mol. The lowest BCUT2D eigenvalue weighted by Crippen LogP contribution is -2.38. The fourth-order valence-corrected chi connectivity index (χ4v) is 4.99. The standard InChI is InChI=1S/C26H31O3P/c1-3-5-15-22(4-2)26(23-16-9-6-10-17-23,24-18-11-7-12-19-24)29-30(27)28-25-20-13-8-14-21-25/h6-14,16-22,27H,3-5,15H2,1-2H3. The van der Waals surface area contributed by atoms with Gasteiger partial charge in [0.2, 0.25) is 0 Å². The van der Waals surface area contributed by atoms with Crippen molar-refractivity contribution in [2.24, 2.45) is 5.92 Å². The van der Waals surface area contributed by atoms with Crippen LogP contribution in [0.25, 0.3) is 0 Å². The fourth-order valence-electron chi connectivity index (χ4n) is 4.05. The summed E-state index contributed by atoms with van der Waals surface area (Å²) < 4.78 is 12.4. The van der Waals surface area contributed by atoms with Crippen molar-refractivity contribution in [2.75, 3.05) is 0 Å². The normalized spacial score (nSPS) is 13.6. The minimum atomic E-state index is -2.15. The Morgan fingerprint density at radius 3 is 1.77 bits per heavy atom. The van der Waals surface area contributed by atoms with Gasteiger partial charge in [0.05, 0.1) is 0 Å². The first-order chi connectivity index (χ1) is 14.7. The predicted octanol–water partition coefficient (Wildman–Crippen LogP) is 7.46. The first-order valence-corrected chi connectivity index (χ1v) is 11.9. The van der Waals surface area contributed by atoms with Gasteiger partial charge >= 0.3 is 8.60 Å². The molecule has 0 spiro atoms. The molecule has 0 aliphatic rings. The van der Waals surface area contributed by atoms with Crippen LogP contribution in [0.15, 0.2) is 91.0 Å². The van der Waals surface area contributed by atoms with E-state index in [2.05, 4.69) is 38.1 Å². The highest BCUT2D eigenvalue weighted by Gasteiger charge is 2.45. The maximum absolute atomic E-state index is 11.0. The monoisotopic (exact) mass is 422 g/mol. The van der Waals surface area contributed by atoms with Gasteiger partial charge in [0.25, 0.3) is 0 Å². The van der Waals surface area contributed by atoms with Crippen LogP contribution in [0.5, 0.6) is 5.75 Å². The topological polar surface area (TPSA) is 38.7 Å². The minimum absolute atomic E-state index is 0.193. The van der Waals surface area contributed by atoms with Crippen LogP contribution in [0.2, 0.25) is 0 Å². The van der Waals surface area contributed by atoms with Crippen molar-refractivity contribution in [1.82, 2.24) is 0 Å². The van der Waals surface area contributed by atoms with Crippen LogP contribution in [0, 0.1) is 5.92 Å². The van der Waals surface area contributed by atoms with Crippen molar-refractivity contribution in [2.45, 2.75) is 45.1 Å². The van der Waals surface area contributed by atoms with Crippen molar-refractivity contribution in [3.05, 3.63) is 102 Å². The van der Waals surface area contributed by atoms with E-state index >= 15 is 0 Å². The summed E-state index contributed by atoms with van der Waals surface area (Å²) in [6.07, 6.45) is 4.15. The van der Waals surface area contributed by atoms with Crippen molar-refractivity contribution in [1.29, 1.82) is 0 Å². The number of unbranched alkanes of at least 4 members (excludes halogenated alkanes) is 1. The molecule has 2 atom stereocenters. The van der Waals surface area contributed by atoms with Crippen LogP contribution in [-0.2, 0) is 10.1 Å². The average molecular weight is 423 g/mol. The van der Waals surface area contributed by atoms with E-state index in [9.17, 15) is 4.89 Å². The highest BCUT2D eigenvalue weighted by molar-refractivity contribution is 7.41. The van der Waals surface area contributed by atoms with E-state index in [0.717, 1.165) is 36.8 Å². The van der Waals surface area contributed by atoms with Gasteiger partial charge in [-0.1, -0.05) is 106 Å². The maximum Gasteiger partial charge on any atom is 0.395 e. The van der Waals surface area contributed by atoms with Gasteiger partial charge in [-0.2, -0.15) is 0 Å². The zero-order chi connectivity index (χ0) is 21.2. The molecule has 3 aromatic rings. The number of benzene rings is 3. The highest BCUT2D eigenvalue weighted by atomic mass is 31.2. The Morgan fingerprint density at radius 2 is 1.30 bits per heavy atom. The van der Waals surface area contributed by atoms with Gasteiger partial charge in [-0.15, -0.1) is 0 Å². The van der Waals surface area contributed by atoms with Crippen LogP contribution >= 0.6 is 8.60 Å². The fraction of sp³-hybridized carbons (Fsp3) is 0.308. The quantitative estimate of drug-likeness (QED) is 0.326. The van der Waals surface area contributed by atoms with E-state index in [4.69, 9.17) is 9.05 Å². The smallest absolute Gasteiger partial charge is 0.395 e. The third kappa shape index (κ3) is 5.29. The molecule has 2 unspecified atom stereocenters. The Morgan fingerprint density at radius 1 is 0.800 bits per heavy atom. The van der Waals surface area contributed by atoms with Crippen LogP contribution in [-0.4, -0.2) is 4.89 Å². The Kier molecular flexibility index (Phi) is 8.45. The van der Waals surface area contributed by atoms with E-state index in [1.54, 1.807) is 0 Å². The second kappa shape index (κ2) is 11.3. The summed E-state index contributed by atoms with van der Waals surface area (Å²) in [5.74, 6) is 0.793. The molecule has 3 rings (SSSR count). The average Bonchev–Trinajstić information content (AvgIpc) is 2.80. The molecule has 3 aromatic carbocycles. The summed E-state index contributed by atoms with van der Waals surface area (Å²) >= 11 is 0. The summed E-state index contributed by atoms with van der Waals surface area (Å²) in [7, 11) is -2.15. The first-order valence-electron chi connectivity index (χ1n) is 10.7. The van der Waals surface area contributed by atoms with Gasteiger partial charge in [-0.25, -0.2) is 0 Å². The lowest BCUT2D eigenvalue weighted by Gasteiger charge is -2.42. The summed E-state index contributed by atoms with van der Waals surface area (Å²) in [5, 5.41) is 0. The molecule has 4 heteroatoms. The Balaban J connectivity index is 2.07. The molecule has 1 N–H and O–H groups in total. The third-order valence-corrected chi connectivity index (χ3v) is 6.34. The zero-order valence-corrected chi connectivity index (χ0v) is 18.7. The number of hydrogen-bond donors (Lipinski definition) is 1. The molecule has 0 aliphatic heterocycles. The molecule has 0 bridgehead atoms.